The summed E-state index contributed by atoms with van der Waals surface area (Å²) in [5.74, 6) is 0.875. The zero-order valence-electron chi connectivity index (χ0n) is 14.5. The molecule has 3 heteroatoms. The number of rotatable bonds is 6. The minimum absolute atomic E-state index is 0.315. The summed E-state index contributed by atoms with van der Waals surface area (Å²) in [6.07, 6.45) is 8.10. The average Bonchev–Trinajstić information content (AvgIpc) is 3.18. The zero-order chi connectivity index (χ0) is 15.5. The van der Waals surface area contributed by atoms with Gasteiger partial charge in [-0.25, -0.2) is 0 Å². The summed E-state index contributed by atoms with van der Waals surface area (Å²) in [4.78, 5) is 14.9. The highest BCUT2D eigenvalue weighted by molar-refractivity contribution is 5.77. The van der Waals surface area contributed by atoms with E-state index in [1.165, 1.54) is 32.1 Å². The first-order chi connectivity index (χ1) is 9.85. The van der Waals surface area contributed by atoms with Gasteiger partial charge in [-0.2, -0.15) is 0 Å². The third-order valence-electron chi connectivity index (χ3n) is 4.62. The highest BCUT2D eigenvalue weighted by atomic mass is 16.2. The summed E-state index contributed by atoms with van der Waals surface area (Å²) in [7, 11) is 0. The fraction of sp³-hybridized carbons (Fsp3) is 0.944. The number of hydrogen-bond donors (Lipinski definition) is 1. The van der Waals surface area contributed by atoms with E-state index in [2.05, 4.69) is 37.9 Å². The van der Waals surface area contributed by atoms with E-state index < -0.39 is 0 Å². The number of piperidine rings is 1. The van der Waals surface area contributed by atoms with Crippen LogP contribution in [0.15, 0.2) is 0 Å². The van der Waals surface area contributed by atoms with Gasteiger partial charge in [-0.15, -0.1) is 0 Å². The van der Waals surface area contributed by atoms with Crippen LogP contribution in [0.5, 0.6) is 0 Å². The molecule has 0 aromatic carbocycles. The Labute approximate surface area is 130 Å². The number of carbonyl (C=O) groups excluding carboxylic acids is 1. The highest BCUT2D eigenvalue weighted by Gasteiger charge is 2.34. The van der Waals surface area contributed by atoms with Gasteiger partial charge < -0.3 is 10.2 Å². The van der Waals surface area contributed by atoms with Gasteiger partial charge in [-0.05, 0) is 50.0 Å². The van der Waals surface area contributed by atoms with Crippen molar-refractivity contribution < 1.29 is 4.79 Å². The van der Waals surface area contributed by atoms with Crippen molar-refractivity contribution in [3.8, 4) is 0 Å². The largest absolute Gasteiger partial charge is 0.338 e. The lowest BCUT2D eigenvalue weighted by molar-refractivity contribution is -0.133. The van der Waals surface area contributed by atoms with Crippen molar-refractivity contribution in [2.45, 2.75) is 84.7 Å². The van der Waals surface area contributed by atoms with Gasteiger partial charge in [0.15, 0.2) is 0 Å². The smallest absolute Gasteiger partial charge is 0.223 e. The Hall–Kier alpha value is -0.570. The molecule has 2 rings (SSSR count). The standard InChI is InChI=1S/C18H34N2O/c1-14(12-18(2,3)4)11-17(21)20(16-8-9-16)13-15-7-5-6-10-19-15/h14-16,19H,5-13H2,1-4H3. The van der Waals surface area contributed by atoms with Crippen LogP contribution in [0, 0.1) is 11.3 Å². The Balaban J connectivity index is 1.84. The van der Waals surface area contributed by atoms with Crippen LogP contribution in [0.1, 0.15) is 72.6 Å². The predicted molar refractivity (Wildman–Crippen MR) is 88.2 cm³/mol. The van der Waals surface area contributed by atoms with Crippen molar-refractivity contribution in [2.75, 3.05) is 13.1 Å². The molecule has 2 unspecified atom stereocenters. The number of carbonyl (C=O) groups is 1. The van der Waals surface area contributed by atoms with Gasteiger partial charge >= 0.3 is 0 Å². The Morgan fingerprint density at radius 1 is 1.24 bits per heavy atom. The van der Waals surface area contributed by atoms with Crippen LogP contribution in [0.25, 0.3) is 0 Å². The van der Waals surface area contributed by atoms with Gasteiger partial charge in [0.2, 0.25) is 5.91 Å². The van der Waals surface area contributed by atoms with Gasteiger partial charge in [0.05, 0.1) is 0 Å². The van der Waals surface area contributed by atoms with Gasteiger partial charge in [0.25, 0.3) is 0 Å². The van der Waals surface area contributed by atoms with Crippen LogP contribution in [0.4, 0.5) is 0 Å². The summed E-state index contributed by atoms with van der Waals surface area (Å²) < 4.78 is 0. The molecule has 1 saturated carbocycles. The molecule has 1 N–H and O–H groups in total. The van der Waals surface area contributed by atoms with E-state index in [1.807, 2.05) is 0 Å². The Morgan fingerprint density at radius 2 is 1.95 bits per heavy atom. The predicted octanol–water partition coefficient (Wildman–Crippen LogP) is 3.58. The maximum absolute atomic E-state index is 12.7. The molecule has 0 bridgehead atoms. The molecule has 1 heterocycles. The monoisotopic (exact) mass is 294 g/mol. The van der Waals surface area contributed by atoms with Crippen LogP contribution in [-0.4, -0.2) is 36.0 Å². The second-order valence-electron chi connectivity index (χ2n) is 8.50. The van der Waals surface area contributed by atoms with Crippen LogP contribution in [0.3, 0.4) is 0 Å². The van der Waals surface area contributed by atoms with Crippen molar-refractivity contribution in [1.82, 2.24) is 10.2 Å². The van der Waals surface area contributed by atoms with E-state index in [0.717, 1.165) is 25.9 Å². The van der Waals surface area contributed by atoms with E-state index in [9.17, 15) is 4.79 Å². The molecule has 0 radical (unpaired) electrons. The summed E-state index contributed by atoms with van der Waals surface area (Å²) in [5.41, 5.74) is 0.315. The molecule has 0 spiro atoms. The first-order valence-electron chi connectivity index (χ1n) is 8.88. The fourth-order valence-corrected chi connectivity index (χ4v) is 3.69. The van der Waals surface area contributed by atoms with E-state index in [1.54, 1.807) is 0 Å². The summed E-state index contributed by atoms with van der Waals surface area (Å²) in [6, 6.07) is 1.07. The topological polar surface area (TPSA) is 32.3 Å². The normalized spacial score (nSPS) is 24.7. The molecule has 1 aliphatic heterocycles. The Bertz CT molecular complexity index is 338. The van der Waals surface area contributed by atoms with E-state index >= 15 is 0 Å². The molecule has 3 nitrogen and oxygen atoms in total. The van der Waals surface area contributed by atoms with E-state index in [0.29, 0.717) is 29.3 Å². The molecule has 1 saturated heterocycles. The number of nitrogens with zero attached hydrogens (tertiary/aromatic N) is 1. The molecule has 0 aromatic rings. The minimum atomic E-state index is 0.315. The first-order valence-corrected chi connectivity index (χ1v) is 8.88. The molecule has 2 atom stereocenters. The van der Waals surface area contributed by atoms with Crippen LogP contribution in [0.2, 0.25) is 0 Å². The molecule has 122 valence electrons. The second kappa shape index (κ2) is 7.13. The molecule has 2 aliphatic rings. The van der Waals surface area contributed by atoms with Crippen molar-refractivity contribution in [3.63, 3.8) is 0 Å². The molecule has 2 fully saturated rings. The Morgan fingerprint density at radius 3 is 2.48 bits per heavy atom. The van der Waals surface area contributed by atoms with E-state index in [-0.39, 0.29) is 0 Å². The third kappa shape index (κ3) is 5.98. The first kappa shape index (κ1) is 16.8. The molecule has 1 amide bonds. The summed E-state index contributed by atoms with van der Waals surface area (Å²) >= 11 is 0. The van der Waals surface area contributed by atoms with Gasteiger partial charge in [0.1, 0.15) is 0 Å². The van der Waals surface area contributed by atoms with Crippen molar-refractivity contribution in [1.29, 1.82) is 0 Å². The van der Waals surface area contributed by atoms with E-state index in [4.69, 9.17) is 0 Å². The molecule has 0 aromatic heterocycles. The average molecular weight is 294 g/mol. The number of nitrogens with one attached hydrogen (secondary N) is 1. The lowest BCUT2D eigenvalue weighted by atomic mass is 9.84. The number of hydrogen-bond acceptors (Lipinski definition) is 2. The maximum atomic E-state index is 12.7. The quantitative estimate of drug-likeness (QED) is 0.812. The molecule has 21 heavy (non-hydrogen) atoms. The van der Waals surface area contributed by atoms with Gasteiger partial charge in [-0.3, -0.25) is 4.79 Å². The lowest BCUT2D eigenvalue weighted by Crippen LogP contribution is -2.47. The minimum Gasteiger partial charge on any atom is -0.338 e. The van der Waals surface area contributed by atoms with Crippen molar-refractivity contribution in [2.24, 2.45) is 11.3 Å². The van der Waals surface area contributed by atoms with Gasteiger partial charge in [0, 0.05) is 25.0 Å². The van der Waals surface area contributed by atoms with Crippen LogP contribution in [-0.2, 0) is 4.79 Å². The fourth-order valence-electron chi connectivity index (χ4n) is 3.69. The molecule has 1 aliphatic carbocycles. The van der Waals surface area contributed by atoms with Crippen molar-refractivity contribution >= 4 is 5.91 Å². The summed E-state index contributed by atoms with van der Waals surface area (Å²) in [6.45, 7) is 11.1. The number of amides is 1. The maximum Gasteiger partial charge on any atom is 0.223 e. The van der Waals surface area contributed by atoms with Crippen molar-refractivity contribution in [3.05, 3.63) is 0 Å². The highest BCUT2D eigenvalue weighted by Crippen LogP contribution is 2.31. The molecular formula is C18H34N2O. The van der Waals surface area contributed by atoms with Crippen LogP contribution < -0.4 is 5.32 Å². The zero-order valence-corrected chi connectivity index (χ0v) is 14.5. The second-order valence-corrected chi connectivity index (χ2v) is 8.50. The summed E-state index contributed by atoms with van der Waals surface area (Å²) in [5, 5.41) is 3.58. The van der Waals surface area contributed by atoms with Crippen LogP contribution >= 0.6 is 0 Å². The molecular weight excluding hydrogens is 260 g/mol. The third-order valence-corrected chi connectivity index (χ3v) is 4.62. The van der Waals surface area contributed by atoms with Gasteiger partial charge in [-0.1, -0.05) is 34.1 Å². The Kier molecular flexibility index (Phi) is 5.70. The SMILES string of the molecule is CC(CC(=O)N(CC1CCCCN1)C1CC1)CC(C)(C)C. The lowest BCUT2D eigenvalue weighted by Gasteiger charge is -2.32.